The average Bonchev–Trinajstić information content (AvgIpc) is 3.14. The van der Waals surface area contributed by atoms with Crippen molar-refractivity contribution in [3.8, 4) is 0 Å². The Morgan fingerprint density at radius 2 is 1.96 bits per heavy atom. The van der Waals surface area contributed by atoms with E-state index in [4.69, 9.17) is 5.21 Å². The van der Waals surface area contributed by atoms with E-state index >= 15 is 0 Å². The number of hydroxylamine groups is 1. The molecule has 0 fully saturated rings. The molecule has 144 valence electrons. The summed E-state index contributed by atoms with van der Waals surface area (Å²) in [6.45, 7) is 1.75. The van der Waals surface area contributed by atoms with Gasteiger partial charge in [-0.2, -0.15) is 13.2 Å². The number of alkyl halides is 3. The minimum Gasteiger partial charge on any atom is -0.289 e. The normalized spacial score (nSPS) is 16.2. The molecule has 0 radical (unpaired) electrons. The molecule has 0 aliphatic heterocycles. The van der Waals surface area contributed by atoms with Crippen LogP contribution in [0, 0.1) is 18.7 Å². The first-order valence-corrected chi connectivity index (χ1v) is 8.10. The SMILES string of the molecule is Cc1ccccc1F.O=C(NO)C1C=C(c2cncc(C(F)(F)F)c2)CC1. The molecule has 8 heteroatoms. The number of pyridine rings is 1. The third-order valence-electron chi connectivity index (χ3n) is 4.09. The van der Waals surface area contributed by atoms with Gasteiger partial charge < -0.3 is 0 Å². The molecule has 1 amide bonds. The second-order valence-electron chi connectivity index (χ2n) is 6.02. The van der Waals surface area contributed by atoms with Gasteiger partial charge in [0.25, 0.3) is 0 Å². The van der Waals surface area contributed by atoms with E-state index in [2.05, 4.69) is 4.98 Å². The Bertz CT molecular complexity index is 813. The number of halogens is 4. The summed E-state index contributed by atoms with van der Waals surface area (Å²) in [7, 11) is 0. The van der Waals surface area contributed by atoms with E-state index in [0.717, 1.165) is 12.3 Å². The van der Waals surface area contributed by atoms with Gasteiger partial charge >= 0.3 is 6.18 Å². The minimum absolute atomic E-state index is 0.132. The Morgan fingerprint density at radius 1 is 1.26 bits per heavy atom. The van der Waals surface area contributed by atoms with Crippen molar-refractivity contribution >= 4 is 11.5 Å². The quantitative estimate of drug-likeness (QED) is 0.456. The summed E-state index contributed by atoms with van der Waals surface area (Å²) in [5, 5.41) is 8.51. The first kappa shape index (κ1) is 20.6. The molecule has 2 N–H and O–H groups in total. The van der Waals surface area contributed by atoms with Crippen molar-refractivity contribution in [1.29, 1.82) is 0 Å². The number of benzene rings is 1. The van der Waals surface area contributed by atoms with Crippen molar-refractivity contribution in [2.45, 2.75) is 25.9 Å². The fourth-order valence-corrected chi connectivity index (χ4v) is 2.57. The van der Waals surface area contributed by atoms with Crippen molar-refractivity contribution in [1.82, 2.24) is 10.5 Å². The number of aryl methyl sites for hydroxylation is 1. The van der Waals surface area contributed by atoms with E-state index < -0.39 is 23.6 Å². The molecule has 3 rings (SSSR count). The van der Waals surface area contributed by atoms with Crippen molar-refractivity contribution in [2.24, 2.45) is 5.92 Å². The van der Waals surface area contributed by atoms with Gasteiger partial charge in [0.1, 0.15) is 5.82 Å². The highest BCUT2D eigenvalue weighted by Crippen LogP contribution is 2.34. The number of rotatable bonds is 2. The molecule has 1 heterocycles. The highest BCUT2D eigenvalue weighted by Gasteiger charge is 2.32. The van der Waals surface area contributed by atoms with Crippen LogP contribution in [0.15, 0.2) is 48.8 Å². The van der Waals surface area contributed by atoms with Crippen LogP contribution >= 0.6 is 0 Å². The molecule has 0 saturated carbocycles. The van der Waals surface area contributed by atoms with Crippen molar-refractivity contribution in [3.63, 3.8) is 0 Å². The number of allylic oxidation sites excluding steroid dienone is 1. The van der Waals surface area contributed by atoms with Gasteiger partial charge in [-0.05, 0) is 48.6 Å². The third kappa shape index (κ3) is 5.62. The number of nitrogens with one attached hydrogen (secondary N) is 1. The predicted octanol–water partition coefficient (Wildman–Crippen LogP) is 4.53. The molecule has 1 atom stereocenters. The fraction of sp³-hybridized carbons (Fsp3) is 0.263. The lowest BCUT2D eigenvalue weighted by Crippen LogP contribution is -2.25. The summed E-state index contributed by atoms with van der Waals surface area (Å²) in [5.74, 6) is -1.21. The van der Waals surface area contributed by atoms with E-state index in [9.17, 15) is 22.4 Å². The summed E-state index contributed by atoms with van der Waals surface area (Å²) >= 11 is 0. The minimum atomic E-state index is -4.44. The van der Waals surface area contributed by atoms with Crippen LogP contribution in [-0.4, -0.2) is 16.1 Å². The zero-order chi connectivity index (χ0) is 20.0. The van der Waals surface area contributed by atoms with Crippen LogP contribution in [0.1, 0.15) is 29.5 Å². The van der Waals surface area contributed by atoms with E-state index in [1.807, 2.05) is 6.07 Å². The summed E-state index contributed by atoms with van der Waals surface area (Å²) in [5.41, 5.74) is 2.40. The zero-order valence-corrected chi connectivity index (χ0v) is 14.4. The van der Waals surface area contributed by atoms with Gasteiger partial charge in [0, 0.05) is 12.4 Å². The summed E-state index contributed by atoms with van der Waals surface area (Å²) in [4.78, 5) is 14.8. The molecule has 1 aliphatic carbocycles. The second-order valence-corrected chi connectivity index (χ2v) is 6.02. The largest absolute Gasteiger partial charge is 0.417 e. The number of amides is 1. The van der Waals surface area contributed by atoms with Crippen molar-refractivity contribution in [2.75, 3.05) is 0 Å². The fourth-order valence-electron chi connectivity index (χ4n) is 2.57. The molecule has 2 aromatic rings. The highest BCUT2D eigenvalue weighted by molar-refractivity contribution is 5.84. The van der Waals surface area contributed by atoms with Crippen LogP contribution in [-0.2, 0) is 11.0 Å². The summed E-state index contributed by atoms with van der Waals surface area (Å²) < 4.78 is 50.0. The Hall–Kier alpha value is -2.74. The molecule has 1 aliphatic rings. The molecule has 4 nitrogen and oxygen atoms in total. The Kier molecular flexibility index (Phi) is 6.68. The topological polar surface area (TPSA) is 62.2 Å². The summed E-state index contributed by atoms with van der Waals surface area (Å²) in [6, 6.07) is 7.71. The predicted molar refractivity (Wildman–Crippen MR) is 91.0 cm³/mol. The standard InChI is InChI=1S/C12H11F3N2O2.C7H7F/c13-12(14,15)10-4-9(5-16-6-10)7-1-2-8(3-7)11(18)17-19;1-6-4-2-3-5-7(6)8/h3-6,8,19H,1-2H2,(H,17,18);2-5H,1H3. The van der Waals surface area contributed by atoms with E-state index in [-0.39, 0.29) is 5.82 Å². The van der Waals surface area contributed by atoms with Crippen LogP contribution in [0.25, 0.3) is 5.57 Å². The van der Waals surface area contributed by atoms with Crippen LogP contribution in [0.3, 0.4) is 0 Å². The van der Waals surface area contributed by atoms with Gasteiger partial charge in [-0.3, -0.25) is 15.0 Å². The van der Waals surface area contributed by atoms with Gasteiger partial charge in [-0.25, -0.2) is 9.87 Å². The smallest absolute Gasteiger partial charge is 0.289 e. The first-order chi connectivity index (χ1) is 12.7. The lowest BCUT2D eigenvalue weighted by molar-refractivity contribution is -0.137. The molecule has 0 bridgehead atoms. The lowest BCUT2D eigenvalue weighted by Gasteiger charge is -2.08. The van der Waals surface area contributed by atoms with Crippen molar-refractivity contribution < 1.29 is 27.6 Å². The van der Waals surface area contributed by atoms with E-state index in [1.54, 1.807) is 25.1 Å². The van der Waals surface area contributed by atoms with Crippen LogP contribution in [0.5, 0.6) is 0 Å². The maximum Gasteiger partial charge on any atom is 0.417 e. The average molecular weight is 382 g/mol. The van der Waals surface area contributed by atoms with Crippen molar-refractivity contribution in [3.05, 3.63) is 71.3 Å². The molecule has 1 aromatic heterocycles. The molecule has 0 spiro atoms. The first-order valence-electron chi connectivity index (χ1n) is 8.10. The van der Waals surface area contributed by atoms with Crippen LogP contribution in [0.4, 0.5) is 17.6 Å². The summed E-state index contributed by atoms with van der Waals surface area (Å²) in [6.07, 6.45) is 0.142. The molecule has 27 heavy (non-hydrogen) atoms. The molecular weight excluding hydrogens is 364 g/mol. The Balaban J connectivity index is 0.000000273. The second kappa shape index (κ2) is 8.77. The number of carbonyl (C=O) groups excluding carboxylic acids is 1. The van der Waals surface area contributed by atoms with Gasteiger partial charge in [0.15, 0.2) is 0 Å². The molecular formula is C19H18F4N2O2. The lowest BCUT2D eigenvalue weighted by atomic mass is 10.1. The van der Waals surface area contributed by atoms with Crippen LogP contribution < -0.4 is 5.48 Å². The molecule has 0 saturated heterocycles. The Morgan fingerprint density at radius 3 is 2.52 bits per heavy atom. The monoisotopic (exact) mass is 382 g/mol. The van der Waals surface area contributed by atoms with Gasteiger partial charge in [0.2, 0.25) is 5.91 Å². The number of carbonyl (C=O) groups is 1. The van der Waals surface area contributed by atoms with Crippen LogP contribution in [0.2, 0.25) is 0 Å². The van der Waals surface area contributed by atoms with Gasteiger partial charge in [-0.1, -0.05) is 24.3 Å². The van der Waals surface area contributed by atoms with E-state index in [1.165, 1.54) is 17.7 Å². The number of hydrogen-bond donors (Lipinski definition) is 2. The third-order valence-corrected chi connectivity index (χ3v) is 4.09. The Labute approximate surface area is 153 Å². The zero-order valence-electron chi connectivity index (χ0n) is 14.4. The number of aromatic nitrogens is 1. The van der Waals surface area contributed by atoms with Gasteiger partial charge in [-0.15, -0.1) is 0 Å². The number of hydrogen-bond acceptors (Lipinski definition) is 3. The molecule has 1 aromatic carbocycles. The highest BCUT2D eigenvalue weighted by atomic mass is 19.4. The maximum absolute atomic E-state index is 12.6. The molecule has 1 unspecified atom stereocenters. The maximum atomic E-state index is 12.6. The van der Waals surface area contributed by atoms with E-state index in [0.29, 0.717) is 29.5 Å². The van der Waals surface area contributed by atoms with Gasteiger partial charge in [0.05, 0.1) is 11.5 Å². The number of nitrogens with zero attached hydrogens (tertiary/aromatic N) is 1.